The van der Waals surface area contributed by atoms with Crippen LogP contribution < -0.4 is 5.32 Å². The highest BCUT2D eigenvalue weighted by Gasteiger charge is 2.13. The molecule has 0 bridgehead atoms. The first-order valence-electron chi connectivity index (χ1n) is 6.37. The molecule has 0 amide bonds. The van der Waals surface area contributed by atoms with E-state index >= 15 is 0 Å². The lowest BCUT2D eigenvalue weighted by atomic mass is 10.1. The predicted octanol–water partition coefficient (Wildman–Crippen LogP) is 3.62. The molecule has 0 fully saturated rings. The van der Waals surface area contributed by atoms with Gasteiger partial charge in [0.1, 0.15) is 5.82 Å². The van der Waals surface area contributed by atoms with Gasteiger partial charge in [0.15, 0.2) is 0 Å². The van der Waals surface area contributed by atoms with Gasteiger partial charge in [-0.25, -0.2) is 9.37 Å². The molecule has 1 atom stereocenters. The summed E-state index contributed by atoms with van der Waals surface area (Å²) in [6.45, 7) is 6.47. The lowest BCUT2D eigenvalue weighted by Crippen LogP contribution is -2.18. The van der Waals surface area contributed by atoms with Crippen LogP contribution in [-0.2, 0) is 6.54 Å². The van der Waals surface area contributed by atoms with E-state index in [0.717, 1.165) is 10.7 Å². The molecule has 2 aromatic rings. The van der Waals surface area contributed by atoms with Crippen LogP contribution in [0.2, 0.25) is 0 Å². The highest BCUT2D eigenvalue weighted by Crippen LogP contribution is 2.24. The molecule has 1 heterocycles. The van der Waals surface area contributed by atoms with E-state index in [0.29, 0.717) is 17.7 Å². The fraction of sp³-hybridized carbons (Fsp3) is 0.333. The van der Waals surface area contributed by atoms with Gasteiger partial charge in [-0.2, -0.15) is 5.26 Å². The summed E-state index contributed by atoms with van der Waals surface area (Å²) in [5.41, 5.74) is 2.20. The number of nitriles is 1. The maximum absolute atomic E-state index is 13.3. The molecule has 20 heavy (non-hydrogen) atoms. The average molecular weight is 289 g/mol. The molecule has 0 saturated heterocycles. The van der Waals surface area contributed by atoms with Gasteiger partial charge in [0.2, 0.25) is 0 Å². The maximum Gasteiger partial charge on any atom is 0.123 e. The number of hydrogen-bond acceptors (Lipinski definition) is 4. The van der Waals surface area contributed by atoms with E-state index in [1.54, 1.807) is 11.3 Å². The van der Waals surface area contributed by atoms with Crippen LogP contribution in [0, 0.1) is 31.0 Å². The Hall–Kier alpha value is -1.77. The average Bonchev–Trinajstić information content (AvgIpc) is 2.75. The highest BCUT2D eigenvalue weighted by atomic mass is 32.1. The van der Waals surface area contributed by atoms with E-state index in [1.165, 1.54) is 23.1 Å². The van der Waals surface area contributed by atoms with Crippen molar-refractivity contribution in [1.82, 2.24) is 10.3 Å². The first-order valence-corrected chi connectivity index (χ1v) is 7.18. The zero-order valence-electron chi connectivity index (χ0n) is 11.7. The summed E-state index contributed by atoms with van der Waals surface area (Å²) >= 11 is 1.66. The van der Waals surface area contributed by atoms with Crippen LogP contribution in [0.25, 0.3) is 0 Å². The van der Waals surface area contributed by atoms with Gasteiger partial charge in [-0.05, 0) is 44.5 Å². The molecule has 1 aromatic heterocycles. The Labute approximate surface area is 122 Å². The van der Waals surface area contributed by atoms with Crippen LogP contribution in [0.15, 0.2) is 18.2 Å². The summed E-state index contributed by atoms with van der Waals surface area (Å²) in [5.74, 6) is -0.321. The van der Waals surface area contributed by atoms with Crippen LogP contribution in [0.4, 0.5) is 4.39 Å². The summed E-state index contributed by atoms with van der Waals surface area (Å²) in [6, 6.07) is 6.43. The summed E-state index contributed by atoms with van der Waals surface area (Å²) in [4.78, 5) is 5.58. The van der Waals surface area contributed by atoms with Gasteiger partial charge in [0.25, 0.3) is 0 Å². The van der Waals surface area contributed by atoms with Crippen molar-refractivity contribution in [2.24, 2.45) is 0 Å². The van der Waals surface area contributed by atoms with Crippen LogP contribution in [0.5, 0.6) is 0 Å². The number of aromatic nitrogens is 1. The molecule has 1 aromatic carbocycles. The van der Waals surface area contributed by atoms with Crippen molar-refractivity contribution in [2.45, 2.75) is 33.4 Å². The first-order chi connectivity index (χ1) is 9.51. The largest absolute Gasteiger partial charge is 0.305 e. The fourth-order valence-electron chi connectivity index (χ4n) is 2.12. The molecule has 3 nitrogen and oxygen atoms in total. The topological polar surface area (TPSA) is 48.7 Å². The van der Waals surface area contributed by atoms with Crippen LogP contribution >= 0.6 is 11.3 Å². The minimum Gasteiger partial charge on any atom is -0.305 e. The summed E-state index contributed by atoms with van der Waals surface area (Å²) < 4.78 is 13.3. The Bertz CT molecular complexity index is 658. The van der Waals surface area contributed by atoms with Crippen molar-refractivity contribution in [3.63, 3.8) is 0 Å². The molecule has 0 radical (unpaired) electrons. The normalized spacial score (nSPS) is 12.2. The smallest absolute Gasteiger partial charge is 0.123 e. The Morgan fingerprint density at radius 2 is 2.20 bits per heavy atom. The Balaban J connectivity index is 2.11. The molecule has 0 aliphatic rings. The summed E-state index contributed by atoms with van der Waals surface area (Å²) in [6.07, 6.45) is 0. The standard InChI is InChI=1S/C15H16FN3S/c1-9(15-10(2)19-11(3)20-15)18-8-13-6-14(16)5-4-12(13)7-17/h4-6,9,18H,8H2,1-3H3. The lowest BCUT2D eigenvalue weighted by molar-refractivity contribution is 0.572. The fourth-order valence-corrected chi connectivity index (χ4v) is 3.08. The number of hydrogen-bond donors (Lipinski definition) is 1. The molecule has 0 saturated carbocycles. The second-order valence-electron chi connectivity index (χ2n) is 4.70. The van der Waals surface area contributed by atoms with E-state index < -0.39 is 0 Å². The van der Waals surface area contributed by atoms with Gasteiger partial charge >= 0.3 is 0 Å². The third-order valence-corrected chi connectivity index (χ3v) is 4.37. The lowest BCUT2D eigenvalue weighted by Gasteiger charge is -2.13. The first kappa shape index (κ1) is 14.6. The van der Waals surface area contributed by atoms with Gasteiger partial charge in [-0.1, -0.05) is 0 Å². The Kier molecular flexibility index (Phi) is 4.48. The molecular formula is C15H16FN3S. The SMILES string of the molecule is Cc1nc(C)c(C(C)NCc2cc(F)ccc2C#N)s1. The van der Waals surface area contributed by atoms with Gasteiger partial charge in [-0.3, -0.25) is 0 Å². The third kappa shape index (κ3) is 3.21. The molecular weight excluding hydrogens is 273 g/mol. The van der Waals surface area contributed by atoms with Gasteiger partial charge in [-0.15, -0.1) is 11.3 Å². The van der Waals surface area contributed by atoms with Crippen LogP contribution in [-0.4, -0.2) is 4.98 Å². The van der Waals surface area contributed by atoms with Crippen molar-refractivity contribution in [2.75, 3.05) is 0 Å². The molecule has 104 valence electrons. The molecule has 0 spiro atoms. The number of nitrogens with one attached hydrogen (secondary N) is 1. The molecule has 5 heteroatoms. The molecule has 1 unspecified atom stereocenters. The molecule has 2 rings (SSSR count). The van der Waals surface area contributed by atoms with Crippen molar-refractivity contribution < 1.29 is 4.39 Å². The summed E-state index contributed by atoms with van der Waals surface area (Å²) in [5, 5.41) is 13.4. The van der Waals surface area contributed by atoms with Crippen molar-refractivity contribution in [1.29, 1.82) is 5.26 Å². The quantitative estimate of drug-likeness (QED) is 0.935. The number of thiazole rings is 1. The number of nitrogens with zero attached hydrogens (tertiary/aromatic N) is 2. The van der Waals surface area contributed by atoms with Crippen molar-refractivity contribution >= 4 is 11.3 Å². The second-order valence-corrected chi connectivity index (χ2v) is 5.93. The van der Waals surface area contributed by atoms with E-state index in [4.69, 9.17) is 5.26 Å². The Morgan fingerprint density at radius 1 is 1.45 bits per heavy atom. The summed E-state index contributed by atoms with van der Waals surface area (Å²) in [7, 11) is 0. The van der Waals surface area contributed by atoms with Gasteiger partial charge in [0.05, 0.1) is 22.3 Å². The van der Waals surface area contributed by atoms with Gasteiger partial charge < -0.3 is 5.32 Å². The number of aryl methyl sites for hydroxylation is 2. The minimum atomic E-state index is -0.321. The van der Waals surface area contributed by atoms with Crippen LogP contribution in [0.1, 0.15) is 39.7 Å². The maximum atomic E-state index is 13.3. The molecule has 1 N–H and O–H groups in total. The van der Waals surface area contributed by atoms with Crippen molar-refractivity contribution in [3.05, 3.63) is 50.7 Å². The van der Waals surface area contributed by atoms with Crippen LogP contribution in [0.3, 0.4) is 0 Å². The third-order valence-electron chi connectivity index (χ3n) is 3.12. The number of benzene rings is 1. The van der Waals surface area contributed by atoms with E-state index in [-0.39, 0.29) is 11.9 Å². The monoisotopic (exact) mass is 289 g/mol. The van der Waals surface area contributed by atoms with E-state index in [2.05, 4.69) is 16.4 Å². The highest BCUT2D eigenvalue weighted by molar-refractivity contribution is 7.11. The zero-order chi connectivity index (χ0) is 14.7. The number of halogens is 1. The minimum absolute atomic E-state index is 0.121. The predicted molar refractivity (Wildman–Crippen MR) is 78.0 cm³/mol. The Morgan fingerprint density at radius 3 is 2.80 bits per heavy atom. The molecule has 0 aliphatic heterocycles. The zero-order valence-corrected chi connectivity index (χ0v) is 12.5. The second kappa shape index (κ2) is 6.12. The number of rotatable bonds is 4. The van der Waals surface area contributed by atoms with E-state index in [1.807, 2.05) is 20.8 Å². The molecule has 0 aliphatic carbocycles. The van der Waals surface area contributed by atoms with Gasteiger partial charge in [0, 0.05) is 17.5 Å². The van der Waals surface area contributed by atoms with E-state index in [9.17, 15) is 4.39 Å². The van der Waals surface area contributed by atoms with Crippen molar-refractivity contribution in [3.8, 4) is 6.07 Å².